The van der Waals surface area contributed by atoms with E-state index in [9.17, 15) is 0 Å². The number of anilines is 1. The third kappa shape index (κ3) is 2.59. The average molecular weight is 216 g/mol. The van der Waals surface area contributed by atoms with Crippen LogP contribution in [-0.2, 0) is 0 Å². The highest BCUT2D eigenvalue weighted by molar-refractivity contribution is 5.43. The minimum absolute atomic E-state index is 0.630. The van der Waals surface area contributed by atoms with Crippen LogP contribution < -0.4 is 5.32 Å². The Morgan fingerprint density at radius 2 is 2.25 bits per heavy atom. The van der Waals surface area contributed by atoms with Gasteiger partial charge in [0.15, 0.2) is 5.82 Å². The van der Waals surface area contributed by atoms with Gasteiger partial charge >= 0.3 is 0 Å². The summed E-state index contributed by atoms with van der Waals surface area (Å²) in [5.74, 6) is 1.46. The first kappa shape index (κ1) is 10.7. The van der Waals surface area contributed by atoms with E-state index < -0.39 is 0 Å². The van der Waals surface area contributed by atoms with E-state index in [0.717, 1.165) is 18.1 Å². The van der Waals surface area contributed by atoms with Crippen LogP contribution in [0.5, 0.6) is 0 Å². The summed E-state index contributed by atoms with van der Waals surface area (Å²) in [6.07, 6.45) is 5.45. The molecule has 4 nitrogen and oxygen atoms in total. The van der Waals surface area contributed by atoms with Gasteiger partial charge in [0, 0.05) is 18.9 Å². The van der Waals surface area contributed by atoms with Crippen molar-refractivity contribution in [3.8, 4) is 5.82 Å². The molecule has 84 valence electrons. The van der Waals surface area contributed by atoms with Gasteiger partial charge in [-0.1, -0.05) is 13.8 Å². The molecule has 0 unspecified atom stereocenters. The summed E-state index contributed by atoms with van der Waals surface area (Å²) in [7, 11) is 0. The highest BCUT2D eigenvalue weighted by atomic mass is 15.3. The molecule has 0 bridgehead atoms. The Morgan fingerprint density at radius 1 is 1.38 bits per heavy atom. The Kier molecular flexibility index (Phi) is 3.19. The van der Waals surface area contributed by atoms with Crippen LogP contribution in [0.25, 0.3) is 5.82 Å². The van der Waals surface area contributed by atoms with E-state index in [1.807, 2.05) is 30.6 Å². The van der Waals surface area contributed by atoms with Crippen molar-refractivity contribution in [2.45, 2.75) is 13.8 Å². The maximum atomic E-state index is 4.34. The lowest BCUT2D eigenvalue weighted by atomic mass is 10.2. The molecule has 0 fully saturated rings. The number of hydrogen-bond donors (Lipinski definition) is 1. The molecule has 0 saturated carbocycles. The summed E-state index contributed by atoms with van der Waals surface area (Å²) in [6, 6.07) is 5.86. The van der Waals surface area contributed by atoms with E-state index in [2.05, 4.69) is 29.2 Å². The van der Waals surface area contributed by atoms with Gasteiger partial charge < -0.3 is 5.32 Å². The highest BCUT2D eigenvalue weighted by Crippen LogP contribution is 2.09. The summed E-state index contributed by atoms with van der Waals surface area (Å²) in [5.41, 5.74) is 1.05. The van der Waals surface area contributed by atoms with Gasteiger partial charge in [0.2, 0.25) is 0 Å². The molecule has 0 aliphatic carbocycles. The molecular formula is C12H16N4. The molecule has 2 aromatic heterocycles. The zero-order valence-corrected chi connectivity index (χ0v) is 9.59. The molecular weight excluding hydrogens is 200 g/mol. The molecule has 0 spiro atoms. The van der Waals surface area contributed by atoms with Crippen molar-refractivity contribution in [3.63, 3.8) is 0 Å². The second-order valence-electron chi connectivity index (χ2n) is 4.13. The quantitative estimate of drug-likeness (QED) is 0.853. The third-order valence-corrected chi connectivity index (χ3v) is 2.20. The largest absolute Gasteiger partial charge is 0.384 e. The van der Waals surface area contributed by atoms with Gasteiger partial charge in [0.25, 0.3) is 0 Å². The van der Waals surface area contributed by atoms with Crippen LogP contribution in [-0.4, -0.2) is 21.3 Å². The Morgan fingerprint density at radius 3 is 2.81 bits per heavy atom. The predicted octanol–water partition coefficient (Wildman–Crippen LogP) is 2.34. The number of aromatic nitrogens is 3. The summed E-state index contributed by atoms with van der Waals surface area (Å²) in [4.78, 5) is 4.34. The summed E-state index contributed by atoms with van der Waals surface area (Å²) >= 11 is 0. The monoisotopic (exact) mass is 216 g/mol. The molecule has 0 aliphatic rings. The summed E-state index contributed by atoms with van der Waals surface area (Å²) < 4.78 is 1.74. The minimum atomic E-state index is 0.630. The lowest BCUT2D eigenvalue weighted by Gasteiger charge is -2.08. The SMILES string of the molecule is CC(C)CNc1ccc(-n2cccn2)nc1. The van der Waals surface area contributed by atoms with Crippen LogP contribution in [0.2, 0.25) is 0 Å². The maximum absolute atomic E-state index is 4.34. The molecule has 2 rings (SSSR count). The third-order valence-electron chi connectivity index (χ3n) is 2.20. The highest BCUT2D eigenvalue weighted by Gasteiger charge is 1.98. The smallest absolute Gasteiger partial charge is 0.153 e. The molecule has 16 heavy (non-hydrogen) atoms. The number of nitrogens with zero attached hydrogens (tertiary/aromatic N) is 3. The zero-order chi connectivity index (χ0) is 11.4. The van der Waals surface area contributed by atoms with Gasteiger partial charge in [-0.3, -0.25) is 0 Å². The summed E-state index contributed by atoms with van der Waals surface area (Å²) in [5, 5.41) is 7.45. The van der Waals surface area contributed by atoms with Crippen LogP contribution in [0.4, 0.5) is 5.69 Å². The molecule has 0 radical (unpaired) electrons. The summed E-state index contributed by atoms with van der Waals surface area (Å²) in [6.45, 7) is 5.32. The predicted molar refractivity (Wildman–Crippen MR) is 64.7 cm³/mol. The van der Waals surface area contributed by atoms with Crippen molar-refractivity contribution in [2.75, 3.05) is 11.9 Å². The van der Waals surface area contributed by atoms with Gasteiger partial charge in [-0.05, 0) is 24.1 Å². The second-order valence-corrected chi connectivity index (χ2v) is 4.13. The van der Waals surface area contributed by atoms with E-state index >= 15 is 0 Å². The van der Waals surface area contributed by atoms with E-state index in [1.165, 1.54) is 0 Å². The first-order valence-electron chi connectivity index (χ1n) is 5.45. The molecule has 1 N–H and O–H groups in total. The number of hydrogen-bond acceptors (Lipinski definition) is 3. The van der Waals surface area contributed by atoms with Gasteiger partial charge in [-0.15, -0.1) is 0 Å². The molecule has 4 heteroatoms. The van der Waals surface area contributed by atoms with Gasteiger partial charge in [0.1, 0.15) is 0 Å². The standard InChI is InChI=1S/C12H16N4/c1-10(2)8-13-11-4-5-12(14-9-11)16-7-3-6-15-16/h3-7,9-10,13H,8H2,1-2H3. The number of pyridine rings is 1. The number of rotatable bonds is 4. The molecule has 0 saturated heterocycles. The maximum Gasteiger partial charge on any atom is 0.153 e. The van der Waals surface area contributed by atoms with Gasteiger partial charge in [0.05, 0.1) is 11.9 Å². The molecule has 2 aromatic rings. The lowest BCUT2D eigenvalue weighted by molar-refractivity contribution is 0.688. The molecule has 0 amide bonds. The van der Waals surface area contributed by atoms with Crippen molar-refractivity contribution in [3.05, 3.63) is 36.8 Å². The Labute approximate surface area is 95.3 Å². The van der Waals surface area contributed by atoms with Crippen molar-refractivity contribution in [1.82, 2.24) is 14.8 Å². The van der Waals surface area contributed by atoms with Crippen molar-refractivity contribution >= 4 is 5.69 Å². The Bertz CT molecular complexity index is 417. The molecule has 2 heterocycles. The van der Waals surface area contributed by atoms with Crippen molar-refractivity contribution < 1.29 is 0 Å². The Hall–Kier alpha value is -1.84. The minimum Gasteiger partial charge on any atom is -0.384 e. The molecule has 0 aromatic carbocycles. The van der Waals surface area contributed by atoms with Crippen LogP contribution >= 0.6 is 0 Å². The Balaban J connectivity index is 2.05. The lowest BCUT2D eigenvalue weighted by Crippen LogP contribution is -2.08. The van der Waals surface area contributed by atoms with Crippen LogP contribution in [0.3, 0.4) is 0 Å². The second kappa shape index (κ2) is 4.79. The van der Waals surface area contributed by atoms with Crippen molar-refractivity contribution in [2.24, 2.45) is 5.92 Å². The topological polar surface area (TPSA) is 42.7 Å². The normalized spacial score (nSPS) is 10.7. The fraction of sp³-hybridized carbons (Fsp3) is 0.333. The first-order valence-corrected chi connectivity index (χ1v) is 5.45. The van der Waals surface area contributed by atoms with Crippen LogP contribution in [0, 0.1) is 5.92 Å². The van der Waals surface area contributed by atoms with Crippen LogP contribution in [0.1, 0.15) is 13.8 Å². The average Bonchev–Trinajstić information content (AvgIpc) is 2.80. The molecule has 0 aliphatic heterocycles. The van der Waals surface area contributed by atoms with Crippen LogP contribution in [0.15, 0.2) is 36.8 Å². The van der Waals surface area contributed by atoms with E-state index in [0.29, 0.717) is 5.92 Å². The van der Waals surface area contributed by atoms with E-state index in [4.69, 9.17) is 0 Å². The van der Waals surface area contributed by atoms with E-state index in [1.54, 1.807) is 10.9 Å². The fourth-order valence-electron chi connectivity index (χ4n) is 1.35. The molecule has 0 atom stereocenters. The van der Waals surface area contributed by atoms with Crippen molar-refractivity contribution in [1.29, 1.82) is 0 Å². The van der Waals surface area contributed by atoms with Gasteiger partial charge in [-0.25, -0.2) is 9.67 Å². The van der Waals surface area contributed by atoms with E-state index in [-0.39, 0.29) is 0 Å². The first-order chi connectivity index (χ1) is 7.75. The number of nitrogens with one attached hydrogen (secondary N) is 1. The fourth-order valence-corrected chi connectivity index (χ4v) is 1.35. The van der Waals surface area contributed by atoms with Gasteiger partial charge in [-0.2, -0.15) is 5.10 Å². The zero-order valence-electron chi connectivity index (χ0n) is 9.59.